The van der Waals surface area contributed by atoms with Crippen molar-refractivity contribution in [2.75, 3.05) is 20.2 Å². The molecular formula is C14H19N3O4. The van der Waals surface area contributed by atoms with Crippen LogP contribution in [0.15, 0.2) is 18.2 Å². The first-order valence-electron chi connectivity index (χ1n) is 6.91. The number of amides is 1. The number of benzene rings is 1. The molecule has 0 spiro atoms. The fourth-order valence-electron chi connectivity index (χ4n) is 1.97. The number of carbonyl (C=O) groups excluding carboxylic acids is 1. The van der Waals surface area contributed by atoms with Gasteiger partial charge in [0.05, 0.1) is 18.1 Å². The van der Waals surface area contributed by atoms with E-state index in [4.69, 9.17) is 4.74 Å². The highest BCUT2D eigenvalue weighted by molar-refractivity contribution is 5.80. The third kappa shape index (κ3) is 4.71. The van der Waals surface area contributed by atoms with Crippen LogP contribution in [-0.4, -0.2) is 31.0 Å². The summed E-state index contributed by atoms with van der Waals surface area (Å²) in [6, 6.07) is 4.65. The van der Waals surface area contributed by atoms with Gasteiger partial charge in [-0.2, -0.15) is 0 Å². The molecule has 1 aromatic rings. The van der Waals surface area contributed by atoms with E-state index < -0.39 is 4.92 Å². The van der Waals surface area contributed by atoms with Crippen LogP contribution >= 0.6 is 0 Å². The topological polar surface area (TPSA) is 93.5 Å². The van der Waals surface area contributed by atoms with Crippen molar-refractivity contribution in [2.45, 2.75) is 19.4 Å². The fraction of sp³-hybridized carbons (Fsp3) is 0.500. The second-order valence-electron chi connectivity index (χ2n) is 5.04. The molecule has 7 nitrogen and oxygen atoms in total. The lowest BCUT2D eigenvalue weighted by Crippen LogP contribution is -2.32. The highest BCUT2D eigenvalue weighted by Crippen LogP contribution is 2.28. The van der Waals surface area contributed by atoms with Crippen LogP contribution in [0.25, 0.3) is 0 Å². The molecule has 1 aromatic carbocycles. The first-order valence-corrected chi connectivity index (χ1v) is 6.91. The van der Waals surface area contributed by atoms with Gasteiger partial charge in [-0.3, -0.25) is 14.9 Å². The van der Waals surface area contributed by atoms with Gasteiger partial charge in [0.25, 0.3) is 5.69 Å². The second kappa shape index (κ2) is 7.03. The van der Waals surface area contributed by atoms with Crippen molar-refractivity contribution >= 4 is 11.6 Å². The summed E-state index contributed by atoms with van der Waals surface area (Å²) in [6.45, 7) is 1.65. The number of hydrogen-bond acceptors (Lipinski definition) is 5. The van der Waals surface area contributed by atoms with Gasteiger partial charge < -0.3 is 15.4 Å². The standard InChI is InChI=1S/C14H19N3O4/c1-21-13-7-10(6-12(8-13)17(19)20)9-15-4-5-16-14(18)11-2-3-11/h6-8,11,15H,2-5,9H2,1H3,(H,16,18). The lowest BCUT2D eigenvalue weighted by molar-refractivity contribution is -0.385. The van der Waals surface area contributed by atoms with Gasteiger partial charge >= 0.3 is 0 Å². The quantitative estimate of drug-likeness (QED) is 0.427. The Bertz CT molecular complexity index is 529. The van der Waals surface area contributed by atoms with Gasteiger partial charge in [-0.05, 0) is 24.5 Å². The molecule has 2 rings (SSSR count). The van der Waals surface area contributed by atoms with Crippen molar-refractivity contribution in [2.24, 2.45) is 5.92 Å². The minimum Gasteiger partial charge on any atom is -0.496 e. The average Bonchev–Trinajstić information content (AvgIpc) is 3.31. The highest BCUT2D eigenvalue weighted by atomic mass is 16.6. The van der Waals surface area contributed by atoms with Gasteiger partial charge in [0, 0.05) is 31.6 Å². The Labute approximate surface area is 122 Å². The summed E-state index contributed by atoms with van der Waals surface area (Å²) in [7, 11) is 1.48. The fourth-order valence-corrected chi connectivity index (χ4v) is 1.97. The number of nitrogens with zero attached hydrogens (tertiary/aromatic N) is 1. The number of ether oxygens (including phenoxy) is 1. The van der Waals surface area contributed by atoms with Crippen LogP contribution in [-0.2, 0) is 11.3 Å². The SMILES string of the molecule is COc1cc(CNCCNC(=O)C2CC2)cc([N+](=O)[O-])c1. The molecule has 0 saturated heterocycles. The van der Waals surface area contributed by atoms with E-state index in [2.05, 4.69) is 10.6 Å². The molecule has 0 bridgehead atoms. The zero-order chi connectivity index (χ0) is 15.2. The molecule has 1 fully saturated rings. The van der Waals surface area contributed by atoms with E-state index in [-0.39, 0.29) is 17.5 Å². The lowest BCUT2D eigenvalue weighted by Gasteiger charge is -2.08. The number of non-ortho nitro benzene ring substituents is 1. The van der Waals surface area contributed by atoms with Crippen LogP contribution in [0.2, 0.25) is 0 Å². The molecule has 0 aliphatic heterocycles. The number of nitrogens with one attached hydrogen (secondary N) is 2. The Morgan fingerprint density at radius 3 is 2.76 bits per heavy atom. The Morgan fingerprint density at radius 1 is 1.38 bits per heavy atom. The van der Waals surface area contributed by atoms with E-state index in [0.29, 0.717) is 25.4 Å². The maximum absolute atomic E-state index is 11.4. The summed E-state index contributed by atoms with van der Waals surface area (Å²) < 4.78 is 5.05. The smallest absolute Gasteiger partial charge is 0.273 e. The summed E-state index contributed by atoms with van der Waals surface area (Å²) in [5, 5.41) is 16.8. The van der Waals surface area contributed by atoms with Crippen molar-refractivity contribution in [3.63, 3.8) is 0 Å². The Hall–Kier alpha value is -2.15. The molecule has 0 aromatic heterocycles. The largest absolute Gasteiger partial charge is 0.496 e. The Balaban J connectivity index is 1.77. The highest BCUT2D eigenvalue weighted by Gasteiger charge is 2.28. The van der Waals surface area contributed by atoms with Gasteiger partial charge in [-0.1, -0.05) is 0 Å². The first kappa shape index (κ1) is 15.2. The van der Waals surface area contributed by atoms with E-state index in [9.17, 15) is 14.9 Å². The van der Waals surface area contributed by atoms with Crippen molar-refractivity contribution in [1.29, 1.82) is 0 Å². The third-order valence-electron chi connectivity index (χ3n) is 3.28. The van der Waals surface area contributed by atoms with Gasteiger partial charge in [0.2, 0.25) is 5.91 Å². The van der Waals surface area contributed by atoms with Crippen molar-refractivity contribution in [3.05, 3.63) is 33.9 Å². The summed E-state index contributed by atoms with van der Waals surface area (Å²) in [5.41, 5.74) is 0.780. The summed E-state index contributed by atoms with van der Waals surface area (Å²) >= 11 is 0. The van der Waals surface area contributed by atoms with Crippen LogP contribution in [0.1, 0.15) is 18.4 Å². The van der Waals surface area contributed by atoms with E-state index in [1.165, 1.54) is 19.2 Å². The number of nitro benzene ring substituents is 1. The van der Waals surface area contributed by atoms with Crippen molar-refractivity contribution < 1.29 is 14.5 Å². The minimum absolute atomic E-state index is 0.00758. The first-order chi connectivity index (χ1) is 10.1. The zero-order valence-electron chi connectivity index (χ0n) is 11.9. The maximum atomic E-state index is 11.4. The van der Waals surface area contributed by atoms with Crippen molar-refractivity contribution in [3.8, 4) is 5.75 Å². The van der Waals surface area contributed by atoms with Crippen LogP contribution in [0.3, 0.4) is 0 Å². The van der Waals surface area contributed by atoms with Crippen LogP contribution in [0.5, 0.6) is 5.75 Å². The molecule has 21 heavy (non-hydrogen) atoms. The van der Waals surface area contributed by atoms with Crippen molar-refractivity contribution in [1.82, 2.24) is 10.6 Å². The molecule has 2 N–H and O–H groups in total. The molecule has 1 aliphatic carbocycles. The molecule has 1 aliphatic rings. The Kier molecular flexibility index (Phi) is 5.10. The van der Waals surface area contributed by atoms with Gasteiger partial charge in [-0.15, -0.1) is 0 Å². The molecule has 7 heteroatoms. The predicted molar refractivity (Wildman–Crippen MR) is 77.1 cm³/mol. The average molecular weight is 293 g/mol. The molecule has 0 radical (unpaired) electrons. The van der Waals surface area contributed by atoms with E-state index in [0.717, 1.165) is 18.4 Å². The zero-order valence-corrected chi connectivity index (χ0v) is 11.9. The number of hydrogen-bond donors (Lipinski definition) is 2. The lowest BCUT2D eigenvalue weighted by atomic mass is 10.2. The predicted octanol–water partition coefficient (Wildman–Crippen LogP) is 1.22. The summed E-state index contributed by atoms with van der Waals surface area (Å²) in [6.07, 6.45) is 1.99. The van der Waals surface area contributed by atoms with Gasteiger partial charge in [0.15, 0.2) is 0 Å². The third-order valence-corrected chi connectivity index (χ3v) is 3.28. The normalized spacial score (nSPS) is 13.8. The van der Waals surface area contributed by atoms with E-state index in [1.54, 1.807) is 6.07 Å². The Morgan fingerprint density at radius 2 is 2.14 bits per heavy atom. The van der Waals surface area contributed by atoms with E-state index >= 15 is 0 Å². The number of nitro groups is 1. The summed E-state index contributed by atoms with van der Waals surface area (Å²) in [4.78, 5) is 21.8. The second-order valence-corrected chi connectivity index (χ2v) is 5.04. The van der Waals surface area contributed by atoms with Crippen LogP contribution in [0, 0.1) is 16.0 Å². The molecule has 0 heterocycles. The summed E-state index contributed by atoms with van der Waals surface area (Å²) in [5.74, 6) is 0.794. The molecule has 0 unspecified atom stereocenters. The molecule has 0 atom stereocenters. The number of rotatable bonds is 8. The molecular weight excluding hydrogens is 274 g/mol. The molecule has 1 amide bonds. The number of carbonyl (C=O) groups is 1. The van der Waals surface area contributed by atoms with Gasteiger partial charge in [0.1, 0.15) is 5.75 Å². The monoisotopic (exact) mass is 293 g/mol. The van der Waals surface area contributed by atoms with Crippen LogP contribution < -0.4 is 15.4 Å². The minimum atomic E-state index is -0.443. The molecule has 1 saturated carbocycles. The van der Waals surface area contributed by atoms with Gasteiger partial charge in [-0.25, -0.2) is 0 Å². The number of methoxy groups -OCH3 is 1. The molecule has 114 valence electrons. The van der Waals surface area contributed by atoms with Crippen LogP contribution in [0.4, 0.5) is 5.69 Å². The van der Waals surface area contributed by atoms with E-state index in [1.807, 2.05) is 0 Å². The maximum Gasteiger partial charge on any atom is 0.273 e.